The number of fused-ring (bicyclic) bond motifs is 2. The third-order valence-electron chi connectivity index (χ3n) is 4.64. The van der Waals surface area contributed by atoms with Crippen molar-refractivity contribution in [2.45, 2.75) is 12.3 Å². The lowest BCUT2D eigenvalue weighted by molar-refractivity contribution is 0.662. The largest absolute Gasteiger partial charge is 0.361 e. The first kappa shape index (κ1) is 14.1. The van der Waals surface area contributed by atoms with Crippen LogP contribution in [0.4, 0.5) is 0 Å². The van der Waals surface area contributed by atoms with Gasteiger partial charge in [0, 0.05) is 29.3 Å². The highest BCUT2D eigenvalue weighted by Gasteiger charge is 2.15. The first-order valence-electron chi connectivity index (χ1n) is 8.14. The number of hydrogen-bond donors (Lipinski definition) is 3. The van der Waals surface area contributed by atoms with Crippen molar-refractivity contribution in [3.8, 4) is 0 Å². The van der Waals surface area contributed by atoms with Gasteiger partial charge < -0.3 is 15.3 Å². The zero-order valence-electron chi connectivity index (χ0n) is 13.3. The van der Waals surface area contributed by atoms with Crippen molar-refractivity contribution in [3.05, 3.63) is 72.1 Å². The van der Waals surface area contributed by atoms with Crippen LogP contribution < -0.4 is 5.32 Å². The van der Waals surface area contributed by atoms with Crippen LogP contribution in [0.3, 0.4) is 0 Å². The van der Waals surface area contributed by atoms with Gasteiger partial charge in [-0.2, -0.15) is 0 Å². The molecule has 2 heterocycles. The van der Waals surface area contributed by atoms with Gasteiger partial charge in [-0.3, -0.25) is 0 Å². The Hall–Kier alpha value is -2.52. The number of aromatic amines is 2. The zero-order valence-corrected chi connectivity index (χ0v) is 13.3. The maximum absolute atomic E-state index is 3.29. The highest BCUT2D eigenvalue weighted by atomic mass is 14.8. The van der Waals surface area contributed by atoms with Crippen molar-refractivity contribution >= 4 is 21.8 Å². The summed E-state index contributed by atoms with van der Waals surface area (Å²) in [5.41, 5.74) is 5.15. The molecule has 0 amide bonds. The fourth-order valence-electron chi connectivity index (χ4n) is 3.39. The Morgan fingerprint density at radius 3 is 1.91 bits per heavy atom. The highest BCUT2D eigenvalue weighted by Crippen LogP contribution is 2.31. The fourth-order valence-corrected chi connectivity index (χ4v) is 3.39. The minimum Gasteiger partial charge on any atom is -0.361 e. The van der Waals surface area contributed by atoms with Crippen LogP contribution in [0.2, 0.25) is 0 Å². The van der Waals surface area contributed by atoms with Gasteiger partial charge in [-0.05, 0) is 78.3 Å². The average Bonchev–Trinajstić information content (AvgIpc) is 3.23. The van der Waals surface area contributed by atoms with Crippen molar-refractivity contribution in [2.24, 2.45) is 0 Å². The molecule has 0 aliphatic rings. The highest BCUT2D eigenvalue weighted by molar-refractivity contribution is 5.81. The minimum atomic E-state index is 0.404. The second-order valence-electron chi connectivity index (χ2n) is 6.09. The Morgan fingerprint density at radius 2 is 1.39 bits per heavy atom. The molecule has 0 atom stereocenters. The summed E-state index contributed by atoms with van der Waals surface area (Å²) in [5.74, 6) is 0.404. The average molecular weight is 303 g/mol. The van der Waals surface area contributed by atoms with Crippen molar-refractivity contribution in [2.75, 3.05) is 13.6 Å². The smallest absolute Gasteiger partial charge is 0.0454 e. The molecule has 0 aliphatic heterocycles. The van der Waals surface area contributed by atoms with Gasteiger partial charge in [0.1, 0.15) is 0 Å². The molecule has 3 heteroatoms. The van der Waals surface area contributed by atoms with E-state index in [1.165, 1.54) is 32.9 Å². The number of H-pyrrole nitrogens is 2. The lowest BCUT2D eigenvalue weighted by Crippen LogP contribution is -2.13. The van der Waals surface area contributed by atoms with E-state index >= 15 is 0 Å². The molecule has 4 aromatic rings. The standard InChI is InChI=1S/C20H21N3/c1-21-9-8-18(14-2-4-19-16(12-14)6-10-22-19)15-3-5-20-17(13-15)7-11-23-20/h2-7,10-13,18,21-23H,8-9H2,1H3. The number of nitrogens with one attached hydrogen (secondary N) is 3. The maximum atomic E-state index is 3.29. The van der Waals surface area contributed by atoms with Crippen LogP contribution in [0.5, 0.6) is 0 Å². The topological polar surface area (TPSA) is 43.6 Å². The van der Waals surface area contributed by atoms with Crippen molar-refractivity contribution in [1.82, 2.24) is 15.3 Å². The number of rotatable bonds is 5. The molecule has 0 fully saturated rings. The third-order valence-corrected chi connectivity index (χ3v) is 4.64. The summed E-state index contributed by atoms with van der Waals surface area (Å²) in [4.78, 5) is 6.55. The van der Waals surface area contributed by atoms with Crippen LogP contribution in [0.25, 0.3) is 21.8 Å². The van der Waals surface area contributed by atoms with Crippen LogP contribution in [0, 0.1) is 0 Å². The summed E-state index contributed by atoms with van der Waals surface area (Å²) in [6.45, 7) is 1.00. The van der Waals surface area contributed by atoms with E-state index in [0.29, 0.717) is 5.92 Å². The molecule has 2 aromatic carbocycles. The van der Waals surface area contributed by atoms with Gasteiger partial charge in [-0.25, -0.2) is 0 Å². The SMILES string of the molecule is CNCCC(c1ccc2[nH]ccc2c1)c1ccc2[nH]ccc2c1. The number of hydrogen-bond acceptors (Lipinski definition) is 1. The second kappa shape index (κ2) is 5.94. The van der Waals surface area contributed by atoms with Gasteiger partial charge in [-0.1, -0.05) is 12.1 Å². The predicted octanol–water partition coefficient (Wildman–Crippen LogP) is 4.39. The van der Waals surface area contributed by atoms with E-state index in [2.05, 4.69) is 63.8 Å². The Bertz CT molecular complexity index is 858. The molecular weight excluding hydrogens is 282 g/mol. The Balaban J connectivity index is 1.78. The summed E-state index contributed by atoms with van der Waals surface area (Å²) in [5, 5.41) is 5.84. The summed E-state index contributed by atoms with van der Waals surface area (Å²) in [6.07, 6.45) is 5.09. The molecule has 3 N–H and O–H groups in total. The molecule has 0 bridgehead atoms. The van der Waals surface area contributed by atoms with Crippen molar-refractivity contribution in [1.29, 1.82) is 0 Å². The lowest BCUT2D eigenvalue weighted by Gasteiger charge is -2.18. The van der Waals surface area contributed by atoms with E-state index in [4.69, 9.17) is 0 Å². The second-order valence-corrected chi connectivity index (χ2v) is 6.09. The van der Waals surface area contributed by atoms with Crippen LogP contribution in [0.15, 0.2) is 60.9 Å². The first-order valence-corrected chi connectivity index (χ1v) is 8.14. The van der Waals surface area contributed by atoms with E-state index in [9.17, 15) is 0 Å². The molecule has 2 aromatic heterocycles. The Kier molecular flexibility index (Phi) is 3.64. The summed E-state index contributed by atoms with van der Waals surface area (Å²) < 4.78 is 0. The summed E-state index contributed by atoms with van der Waals surface area (Å²) in [6, 6.07) is 17.8. The van der Waals surface area contributed by atoms with Crippen LogP contribution >= 0.6 is 0 Å². The van der Waals surface area contributed by atoms with E-state index in [1.807, 2.05) is 19.4 Å². The summed E-state index contributed by atoms with van der Waals surface area (Å²) >= 11 is 0. The summed E-state index contributed by atoms with van der Waals surface area (Å²) in [7, 11) is 2.02. The van der Waals surface area contributed by atoms with Gasteiger partial charge >= 0.3 is 0 Å². The molecule has 0 saturated carbocycles. The quantitative estimate of drug-likeness (QED) is 0.503. The van der Waals surface area contributed by atoms with Gasteiger partial charge in [-0.15, -0.1) is 0 Å². The molecular formula is C20H21N3. The van der Waals surface area contributed by atoms with E-state index in [-0.39, 0.29) is 0 Å². The Morgan fingerprint density at radius 1 is 0.826 bits per heavy atom. The number of benzene rings is 2. The van der Waals surface area contributed by atoms with Gasteiger partial charge in [0.25, 0.3) is 0 Å². The molecule has 0 saturated heterocycles. The molecule has 0 unspecified atom stereocenters. The van der Waals surface area contributed by atoms with Crippen LogP contribution in [0.1, 0.15) is 23.5 Å². The fraction of sp³-hybridized carbons (Fsp3) is 0.200. The monoisotopic (exact) mass is 303 g/mol. The molecule has 0 spiro atoms. The van der Waals surface area contributed by atoms with Crippen LogP contribution in [-0.4, -0.2) is 23.6 Å². The molecule has 3 nitrogen and oxygen atoms in total. The molecule has 0 aliphatic carbocycles. The third kappa shape index (κ3) is 2.64. The first-order chi connectivity index (χ1) is 11.3. The zero-order chi connectivity index (χ0) is 15.6. The molecule has 116 valence electrons. The Labute approximate surface area is 135 Å². The number of aromatic nitrogens is 2. The van der Waals surface area contributed by atoms with E-state index in [0.717, 1.165) is 13.0 Å². The van der Waals surface area contributed by atoms with Crippen molar-refractivity contribution < 1.29 is 0 Å². The molecule has 4 rings (SSSR count). The van der Waals surface area contributed by atoms with Gasteiger partial charge in [0.15, 0.2) is 0 Å². The van der Waals surface area contributed by atoms with Gasteiger partial charge in [0.05, 0.1) is 0 Å². The lowest BCUT2D eigenvalue weighted by atomic mass is 9.87. The normalized spacial score (nSPS) is 11.7. The molecule has 23 heavy (non-hydrogen) atoms. The van der Waals surface area contributed by atoms with E-state index < -0.39 is 0 Å². The van der Waals surface area contributed by atoms with E-state index in [1.54, 1.807) is 0 Å². The predicted molar refractivity (Wildman–Crippen MR) is 97.0 cm³/mol. The van der Waals surface area contributed by atoms with Gasteiger partial charge in [0.2, 0.25) is 0 Å². The molecule has 0 radical (unpaired) electrons. The van der Waals surface area contributed by atoms with Crippen molar-refractivity contribution in [3.63, 3.8) is 0 Å². The maximum Gasteiger partial charge on any atom is 0.0454 e. The minimum absolute atomic E-state index is 0.404. The van der Waals surface area contributed by atoms with Crippen LogP contribution in [-0.2, 0) is 0 Å².